The van der Waals surface area contributed by atoms with Crippen LogP contribution in [0.3, 0.4) is 0 Å². The van der Waals surface area contributed by atoms with Crippen LogP contribution in [0, 0.1) is 6.92 Å². The molecule has 2 rings (SSSR count). The number of benzene rings is 2. The van der Waals surface area contributed by atoms with Gasteiger partial charge in [-0.25, -0.2) is 4.79 Å². The van der Waals surface area contributed by atoms with Gasteiger partial charge in [0, 0.05) is 15.6 Å². The van der Waals surface area contributed by atoms with Crippen molar-refractivity contribution in [1.29, 1.82) is 0 Å². The first-order valence-electron chi connectivity index (χ1n) is 7.20. The molecule has 0 N–H and O–H groups in total. The summed E-state index contributed by atoms with van der Waals surface area (Å²) < 4.78 is 11.2. The summed E-state index contributed by atoms with van der Waals surface area (Å²) in [5, 5.41) is 0. The maximum absolute atomic E-state index is 12.4. The van der Waals surface area contributed by atoms with Gasteiger partial charge in [0.1, 0.15) is 5.75 Å². The van der Waals surface area contributed by atoms with Gasteiger partial charge in [-0.05, 0) is 61.9 Å². The van der Waals surface area contributed by atoms with Crippen LogP contribution in [0.15, 0.2) is 46.9 Å². The number of aryl methyl sites for hydroxylation is 1. The second-order valence-corrected chi connectivity index (χ2v) is 5.83. The Morgan fingerprint density at radius 2 is 1.70 bits per heavy atom. The highest BCUT2D eigenvalue weighted by Crippen LogP contribution is 2.21. The highest BCUT2D eigenvalue weighted by Gasteiger charge is 2.12. The number of carbonyl (C=O) groups is 2. The Hall–Kier alpha value is -2.14. The van der Waals surface area contributed by atoms with Crippen LogP contribution < -0.4 is 4.74 Å². The van der Waals surface area contributed by atoms with Gasteiger partial charge in [0.2, 0.25) is 0 Å². The monoisotopic (exact) mass is 376 g/mol. The van der Waals surface area contributed by atoms with Gasteiger partial charge < -0.3 is 9.47 Å². The summed E-state index contributed by atoms with van der Waals surface area (Å²) in [5.41, 5.74) is 1.98. The first-order chi connectivity index (χ1) is 11.0. The molecule has 23 heavy (non-hydrogen) atoms. The Labute approximate surface area is 143 Å². The van der Waals surface area contributed by atoms with Crippen LogP contribution in [0.1, 0.15) is 28.4 Å². The van der Waals surface area contributed by atoms with Crippen LogP contribution in [-0.4, -0.2) is 25.0 Å². The molecule has 2 aromatic rings. The molecule has 0 aliphatic carbocycles. The van der Waals surface area contributed by atoms with E-state index in [1.165, 1.54) is 0 Å². The SMILES string of the molecule is CCOC(=O)COc1ccc(C(=O)c2ccc(Br)cc2)cc1C. The summed E-state index contributed by atoms with van der Waals surface area (Å²) in [6, 6.07) is 12.3. The number of carbonyl (C=O) groups excluding carboxylic acids is 2. The van der Waals surface area contributed by atoms with E-state index in [2.05, 4.69) is 15.9 Å². The lowest BCUT2D eigenvalue weighted by Crippen LogP contribution is -2.15. The molecule has 2 aromatic carbocycles. The van der Waals surface area contributed by atoms with Crippen molar-refractivity contribution in [1.82, 2.24) is 0 Å². The lowest BCUT2D eigenvalue weighted by molar-refractivity contribution is -0.145. The molecule has 0 heterocycles. The Morgan fingerprint density at radius 3 is 2.30 bits per heavy atom. The highest BCUT2D eigenvalue weighted by atomic mass is 79.9. The van der Waals surface area contributed by atoms with Gasteiger partial charge in [0.05, 0.1) is 6.61 Å². The van der Waals surface area contributed by atoms with Crippen LogP contribution >= 0.6 is 15.9 Å². The molecule has 0 atom stereocenters. The summed E-state index contributed by atoms with van der Waals surface area (Å²) in [6.45, 7) is 3.75. The number of halogens is 1. The smallest absolute Gasteiger partial charge is 0.344 e. The van der Waals surface area contributed by atoms with E-state index in [0.717, 1.165) is 10.0 Å². The van der Waals surface area contributed by atoms with Crippen LogP contribution in [0.5, 0.6) is 5.75 Å². The number of esters is 1. The number of rotatable bonds is 6. The Kier molecular flexibility index (Phi) is 5.93. The lowest BCUT2D eigenvalue weighted by Gasteiger charge is -2.10. The van der Waals surface area contributed by atoms with E-state index < -0.39 is 5.97 Å². The standard InChI is InChI=1S/C18H17BrO4/c1-3-22-17(20)11-23-16-9-6-14(10-12(16)2)18(21)13-4-7-15(19)8-5-13/h4-10H,3,11H2,1-2H3. The van der Waals surface area contributed by atoms with Crippen LogP contribution in [0.25, 0.3) is 0 Å². The molecule has 0 saturated heterocycles. The predicted octanol–water partition coefficient (Wildman–Crippen LogP) is 3.93. The predicted molar refractivity (Wildman–Crippen MR) is 90.9 cm³/mol. The van der Waals surface area contributed by atoms with Crippen molar-refractivity contribution in [3.05, 3.63) is 63.6 Å². The first kappa shape index (κ1) is 17.2. The summed E-state index contributed by atoms with van der Waals surface area (Å²) in [6.07, 6.45) is 0. The van der Waals surface area contributed by atoms with Gasteiger partial charge in [-0.1, -0.05) is 15.9 Å². The molecule has 5 heteroatoms. The minimum atomic E-state index is -0.415. The van der Waals surface area contributed by atoms with E-state index in [-0.39, 0.29) is 12.4 Å². The van der Waals surface area contributed by atoms with E-state index in [1.807, 2.05) is 19.1 Å². The third kappa shape index (κ3) is 4.66. The molecule has 0 unspecified atom stereocenters. The molecule has 120 valence electrons. The van der Waals surface area contributed by atoms with Crippen molar-refractivity contribution >= 4 is 27.7 Å². The van der Waals surface area contributed by atoms with Gasteiger partial charge in [0.25, 0.3) is 0 Å². The topological polar surface area (TPSA) is 52.6 Å². The van der Waals surface area contributed by atoms with Crippen molar-refractivity contribution < 1.29 is 19.1 Å². The number of hydrogen-bond acceptors (Lipinski definition) is 4. The zero-order valence-electron chi connectivity index (χ0n) is 13.0. The van der Waals surface area contributed by atoms with E-state index in [9.17, 15) is 9.59 Å². The maximum atomic E-state index is 12.4. The molecule has 0 bridgehead atoms. The minimum absolute atomic E-state index is 0.0578. The summed E-state index contributed by atoms with van der Waals surface area (Å²) in [4.78, 5) is 23.8. The summed E-state index contributed by atoms with van der Waals surface area (Å²) in [5.74, 6) is 0.0878. The fourth-order valence-electron chi connectivity index (χ4n) is 2.06. The zero-order chi connectivity index (χ0) is 16.8. The molecule has 0 radical (unpaired) electrons. The fourth-order valence-corrected chi connectivity index (χ4v) is 2.32. The quantitative estimate of drug-likeness (QED) is 0.566. The van der Waals surface area contributed by atoms with Gasteiger partial charge in [0.15, 0.2) is 12.4 Å². The molecule has 0 aromatic heterocycles. The van der Waals surface area contributed by atoms with Crippen molar-refractivity contribution in [2.24, 2.45) is 0 Å². The van der Waals surface area contributed by atoms with E-state index in [4.69, 9.17) is 9.47 Å². The molecular weight excluding hydrogens is 360 g/mol. The highest BCUT2D eigenvalue weighted by molar-refractivity contribution is 9.10. The average Bonchev–Trinajstić information content (AvgIpc) is 2.54. The normalized spacial score (nSPS) is 10.2. The van der Waals surface area contributed by atoms with Crippen molar-refractivity contribution in [2.75, 3.05) is 13.2 Å². The zero-order valence-corrected chi connectivity index (χ0v) is 14.6. The summed E-state index contributed by atoms with van der Waals surface area (Å²) in [7, 11) is 0. The van der Waals surface area contributed by atoms with Crippen LogP contribution in [-0.2, 0) is 9.53 Å². The molecule has 0 aliphatic heterocycles. The Bertz CT molecular complexity index is 707. The van der Waals surface area contributed by atoms with Crippen molar-refractivity contribution in [2.45, 2.75) is 13.8 Å². The van der Waals surface area contributed by atoms with Gasteiger partial charge in [-0.3, -0.25) is 4.79 Å². The summed E-state index contributed by atoms with van der Waals surface area (Å²) >= 11 is 3.35. The van der Waals surface area contributed by atoms with E-state index in [0.29, 0.717) is 23.5 Å². The number of hydrogen-bond donors (Lipinski definition) is 0. The molecule has 4 nitrogen and oxygen atoms in total. The first-order valence-corrected chi connectivity index (χ1v) is 8.00. The number of ketones is 1. The molecule has 0 spiro atoms. The van der Waals surface area contributed by atoms with E-state index >= 15 is 0 Å². The second-order valence-electron chi connectivity index (χ2n) is 4.91. The molecule has 0 fully saturated rings. The maximum Gasteiger partial charge on any atom is 0.344 e. The number of ether oxygens (including phenoxy) is 2. The lowest BCUT2D eigenvalue weighted by atomic mass is 10.0. The Balaban J connectivity index is 2.10. The molecular formula is C18H17BrO4. The molecule has 0 amide bonds. The van der Waals surface area contributed by atoms with Crippen molar-refractivity contribution in [3.8, 4) is 5.75 Å². The molecule has 0 aliphatic rings. The second kappa shape index (κ2) is 7.92. The van der Waals surface area contributed by atoms with Crippen LogP contribution in [0.4, 0.5) is 0 Å². The fraction of sp³-hybridized carbons (Fsp3) is 0.222. The third-order valence-electron chi connectivity index (χ3n) is 3.19. The van der Waals surface area contributed by atoms with Crippen molar-refractivity contribution in [3.63, 3.8) is 0 Å². The Morgan fingerprint density at radius 1 is 1.04 bits per heavy atom. The third-order valence-corrected chi connectivity index (χ3v) is 3.72. The average molecular weight is 377 g/mol. The van der Waals surface area contributed by atoms with Gasteiger partial charge >= 0.3 is 5.97 Å². The van der Waals surface area contributed by atoms with Gasteiger partial charge in [-0.2, -0.15) is 0 Å². The minimum Gasteiger partial charge on any atom is -0.482 e. The van der Waals surface area contributed by atoms with E-state index in [1.54, 1.807) is 37.3 Å². The van der Waals surface area contributed by atoms with Crippen LogP contribution in [0.2, 0.25) is 0 Å². The molecule has 0 saturated carbocycles. The van der Waals surface area contributed by atoms with Gasteiger partial charge in [-0.15, -0.1) is 0 Å². The largest absolute Gasteiger partial charge is 0.482 e.